The number of likely N-dealkylation sites (tertiary alicyclic amines) is 1. The van der Waals surface area contributed by atoms with Gasteiger partial charge in [0.2, 0.25) is 0 Å². The number of hydrogen-bond donors (Lipinski definition) is 1. The Morgan fingerprint density at radius 1 is 0.897 bits per heavy atom. The number of benzene rings is 3. The number of methoxy groups -OCH3 is 1. The normalized spacial score (nSPS) is 16.7. The van der Waals surface area contributed by atoms with Crippen LogP contribution < -0.4 is 14.2 Å². The molecule has 1 aliphatic heterocycles. The van der Waals surface area contributed by atoms with Gasteiger partial charge >= 0.3 is 0 Å². The maximum Gasteiger partial charge on any atom is 0.295 e. The van der Waals surface area contributed by atoms with Gasteiger partial charge in [0.15, 0.2) is 0 Å². The van der Waals surface area contributed by atoms with Crippen molar-refractivity contribution in [2.45, 2.75) is 46.4 Å². The predicted molar refractivity (Wildman–Crippen MR) is 150 cm³/mol. The molecule has 4 rings (SSSR count). The molecule has 1 atom stereocenters. The van der Waals surface area contributed by atoms with Crippen molar-refractivity contribution in [2.24, 2.45) is 5.92 Å². The van der Waals surface area contributed by atoms with Crippen molar-refractivity contribution >= 4 is 17.4 Å². The van der Waals surface area contributed by atoms with E-state index in [0.29, 0.717) is 40.9 Å². The SMILES string of the molecule is COc1cccc(CN2C(=O)C(=O)/C(=C(\O)c3cccc(OCC(C)C)c3)C2c2ccc(OC(C)C)cc2)c1. The number of rotatable bonds is 10. The highest BCUT2D eigenvalue weighted by atomic mass is 16.5. The molecule has 0 aliphatic carbocycles. The second-order valence-electron chi connectivity index (χ2n) is 10.2. The average molecular weight is 530 g/mol. The van der Waals surface area contributed by atoms with E-state index in [0.717, 1.165) is 5.56 Å². The number of aliphatic hydroxyl groups excluding tert-OH is 1. The molecule has 1 aliphatic rings. The van der Waals surface area contributed by atoms with Crippen molar-refractivity contribution < 1.29 is 28.9 Å². The van der Waals surface area contributed by atoms with Crippen molar-refractivity contribution in [3.05, 3.63) is 95.1 Å². The maximum absolute atomic E-state index is 13.5. The average Bonchev–Trinajstić information content (AvgIpc) is 3.16. The summed E-state index contributed by atoms with van der Waals surface area (Å²) in [6.45, 7) is 8.65. The lowest BCUT2D eigenvalue weighted by atomic mass is 9.95. The van der Waals surface area contributed by atoms with Gasteiger partial charge in [-0.2, -0.15) is 0 Å². The summed E-state index contributed by atoms with van der Waals surface area (Å²) < 4.78 is 16.9. The zero-order chi connectivity index (χ0) is 28.1. The fourth-order valence-corrected chi connectivity index (χ4v) is 4.51. The lowest BCUT2D eigenvalue weighted by molar-refractivity contribution is -0.140. The topological polar surface area (TPSA) is 85.3 Å². The lowest BCUT2D eigenvalue weighted by Crippen LogP contribution is -2.29. The molecule has 3 aromatic carbocycles. The molecule has 1 amide bonds. The number of hydrogen-bond acceptors (Lipinski definition) is 6. The number of nitrogens with zero attached hydrogens (tertiary/aromatic N) is 1. The van der Waals surface area contributed by atoms with Gasteiger partial charge in [-0.05, 0) is 67.3 Å². The second kappa shape index (κ2) is 12.1. The number of ether oxygens (including phenoxy) is 3. The van der Waals surface area contributed by atoms with Gasteiger partial charge < -0.3 is 24.2 Å². The van der Waals surface area contributed by atoms with Crippen LogP contribution in [0.25, 0.3) is 5.76 Å². The number of ketones is 1. The fraction of sp³-hybridized carbons (Fsp3) is 0.312. The van der Waals surface area contributed by atoms with Crippen molar-refractivity contribution in [3.63, 3.8) is 0 Å². The molecule has 1 N–H and O–H groups in total. The highest BCUT2D eigenvalue weighted by Crippen LogP contribution is 2.41. The Balaban J connectivity index is 1.79. The molecule has 1 heterocycles. The molecular formula is C32H35NO6. The van der Waals surface area contributed by atoms with Gasteiger partial charge in [0.05, 0.1) is 31.4 Å². The van der Waals surface area contributed by atoms with Gasteiger partial charge in [0.25, 0.3) is 11.7 Å². The minimum atomic E-state index is -0.801. The number of Topliss-reactive ketones (excluding diaryl/α,β-unsaturated/α-hetero) is 1. The van der Waals surface area contributed by atoms with Crippen molar-refractivity contribution in [1.29, 1.82) is 0 Å². The van der Waals surface area contributed by atoms with E-state index in [1.807, 2.05) is 64.1 Å². The molecule has 1 saturated heterocycles. The summed E-state index contributed by atoms with van der Waals surface area (Å²) in [6.07, 6.45) is -0.000243. The fourth-order valence-electron chi connectivity index (χ4n) is 4.51. The molecule has 3 aromatic rings. The molecular weight excluding hydrogens is 494 g/mol. The first-order chi connectivity index (χ1) is 18.7. The molecule has 1 unspecified atom stereocenters. The van der Waals surface area contributed by atoms with Crippen molar-refractivity contribution in [2.75, 3.05) is 13.7 Å². The summed E-state index contributed by atoms with van der Waals surface area (Å²) in [7, 11) is 1.57. The first-order valence-electron chi connectivity index (χ1n) is 13.1. The zero-order valence-corrected chi connectivity index (χ0v) is 23.0. The highest BCUT2D eigenvalue weighted by Gasteiger charge is 2.46. The van der Waals surface area contributed by atoms with Gasteiger partial charge in [-0.3, -0.25) is 9.59 Å². The molecule has 0 radical (unpaired) electrons. The molecule has 39 heavy (non-hydrogen) atoms. The first-order valence-corrected chi connectivity index (χ1v) is 13.1. The van der Waals surface area contributed by atoms with Gasteiger partial charge in [-0.1, -0.05) is 50.2 Å². The number of carbonyl (C=O) groups is 2. The standard InChI is InChI=1S/C32H35NO6/c1-20(2)19-38-27-11-7-9-24(17-27)30(34)28-29(23-12-14-25(15-13-23)39-21(3)4)33(32(36)31(28)35)18-22-8-6-10-26(16-22)37-5/h6-17,20-21,29,34H,18-19H2,1-5H3/b30-28-. The van der Waals surface area contributed by atoms with Crippen LogP contribution in [0.3, 0.4) is 0 Å². The van der Waals surface area contributed by atoms with Crippen LogP contribution in [-0.2, 0) is 16.1 Å². The quantitative estimate of drug-likeness (QED) is 0.193. The molecule has 0 spiro atoms. The van der Waals surface area contributed by atoms with Gasteiger partial charge in [-0.15, -0.1) is 0 Å². The van der Waals surface area contributed by atoms with E-state index >= 15 is 0 Å². The molecule has 0 aromatic heterocycles. The molecule has 7 heteroatoms. The summed E-state index contributed by atoms with van der Waals surface area (Å²) in [5.41, 5.74) is 1.91. The number of carbonyl (C=O) groups excluding carboxylic acids is 2. The van der Waals surface area contributed by atoms with Gasteiger partial charge in [-0.25, -0.2) is 0 Å². The minimum Gasteiger partial charge on any atom is -0.507 e. The van der Waals surface area contributed by atoms with Gasteiger partial charge in [0, 0.05) is 12.1 Å². The Hall–Kier alpha value is -4.26. The summed E-state index contributed by atoms with van der Waals surface area (Å²) in [4.78, 5) is 28.3. The Labute approximate surface area is 229 Å². The van der Waals surface area contributed by atoms with Crippen LogP contribution in [0.2, 0.25) is 0 Å². The van der Waals surface area contributed by atoms with Crippen LogP contribution >= 0.6 is 0 Å². The van der Waals surface area contributed by atoms with Crippen LogP contribution in [0, 0.1) is 5.92 Å². The Bertz CT molecular complexity index is 1360. The Morgan fingerprint density at radius 3 is 2.26 bits per heavy atom. The monoisotopic (exact) mass is 529 g/mol. The van der Waals surface area contributed by atoms with Crippen LogP contribution in [0.1, 0.15) is 50.4 Å². The minimum absolute atomic E-state index is 0.000243. The van der Waals surface area contributed by atoms with E-state index in [1.54, 1.807) is 43.5 Å². The van der Waals surface area contributed by atoms with E-state index in [9.17, 15) is 14.7 Å². The summed E-state index contributed by atoms with van der Waals surface area (Å²) in [6, 6.07) is 20.7. The Kier molecular flexibility index (Phi) is 8.59. The maximum atomic E-state index is 13.5. The third kappa shape index (κ3) is 6.42. The van der Waals surface area contributed by atoms with Crippen LogP contribution in [0.15, 0.2) is 78.4 Å². The van der Waals surface area contributed by atoms with E-state index in [-0.39, 0.29) is 24.0 Å². The molecule has 1 fully saturated rings. The number of aliphatic hydroxyl groups is 1. The van der Waals surface area contributed by atoms with Crippen LogP contribution in [0.4, 0.5) is 0 Å². The molecule has 7 nitrogen and oxygen atoms in total. The third-order valence-electron chi connectivity index (χ3n) is 6.29. The first kappa shape index (κ1) is 27.8. The van der Waals surface area contributed by atoms with E-state index < -0.39 is 17.7 Å². The predicted octanol–water partition coefficient (Wildman–Crippen LogP) is 6.14. The number of amides is 1. The molecule has 0 bridgehead atoms. The smallest absolute Gasteiger partial charge is 0.295 e. The zero-order valence-electron chi connectivity index (χ0n) is 23.0. The lowest BCUT2D eigenvalue weighted by Gasteiger charge is -2.26. The summed E-state index contributed by atoms with van der Waals surface area (Å²) in [5.74, 6) is 0.555. The van der Waals surface area contributed by atoms with E-state index in [2.05, 4.69) is 0 Å². The van der Waals surface area contributed by atoms with E-state index in [4.69, 9.17) is 14.2 Å². The largest absolute Gasteiger partial charge is 0.507 e. The van der Waals surface area contributed by atoms with Gasteiger partial charge in [0.1, 0.15) is 23.0 Å². The second-order valence-corrected chi connectivity index (χ2v) is 10.2. The van der Waals surface area contributed by atoms with Crippen molar-refractivity contribution in [1.82, 2.24) is 4.90 Å². The highest BCUT2D eigenvalue weighted by molar-refractivity contribution is 6.46. The van der Waals surface area contributed by atoms with Crippen LogP contribution in [-0.4, -0.2) is 41.5 Å². The summed E-state index contributed by atoms with van der Waals surface area (Å²) >= 11 is 0. The summed E-state index contributed by atoms with van der Waals surface area (Å²) in [5, 5.41) is 11.5. The third-order valence-corrected chi connectivity index (χ3v) is 6.29. The molecule has 0 saturated carbocycles. The Morgan fingerprint density at radius 2 is 1.59 bits per heavy atom. The van der Waals surface area contributed by atoms with E-state index in [1.165, 1.54) is 4.90 Å². The molecule has 204 valence electrons. The van der Waals surface area contributed by atoms with Crippen molar-refractivity contribution in [3.8, 4) is 17.2 Å². The van der Waals surface area contributed by atoms with Crippen LogP contribution in [0.5, 0.6) is 17.2 Å².